The molecule has 5 heteroatoms. The van der Waals surface area contributed by atoms with E-state index in [2.05, 4.69) is 28.4 Å². The Hall–Kier alpha value is -1.88. The lowest BCUT2D eigenvalue weighted by atomic mass is 9.83. The zero-order valence-corrected chi connectivity index (χ0v) is 16.9. The second-order valence-electron chi connectivity index (χ2n) is 8.66. The summed E-state index contributed by atoms with van der Waals surface area (Å²) in [6.07, 6.45) is 8.04. The summed E-state index contributed by atoms with van der Waals surface area (Å²) in [5, 5.41) is 3.42. The molecule has 0 atom stereocenters. The third kappa shape index (κ3) is 4.09. The molecule has 1 amide bonds. The molecular weight excluding hydrogens is 352 g/mol. The van der Waals surface area contributed by atoms with Crippen LogP contribution in [0.25, 0.3) is 0 Å². The van der Waals surface area contributed by atoms with Gasteiger partial charge >= 0.3 is 5.97 Å². The van der Waals surface area contributed by atoms with E-state index < -0.39 is 0 Å². The number of rotatable bonds is 5. The van der Waals surface area contributed by atoms with Crippen LogP contribution < -0.4 is 5.32 Å². The number of fused-ring (bicyclic) bond motifs is 1. The summed E-state index contributed by atoms with van der Waals surface area (Å²) < 4.78 is 4.75. The Bertz CT molecular complexity index is 719. The molecule has 3 aliphatic rings. The fourth-order valence-corrected chi connectivity index (χ4v) is 5.21. The standard InChI is InChI=1S/C23H32N2O3/c1-28-22(26)9-4-16-2-7-20(8-3-16)25-15-19-6-5-18(14-21(19)23(25)27)17-10-12-24-13-11-17/h5-6,14,16-17,20,24H,2-4,7-13,15H2,1H3. The van der Waals surface area contributed by atoms with Gasteiger partial charge in [0.25, 0.3) is 5.91 Å². The average molecular weight is 385 g/mol. The second-order valence-corrected chi connectivity index (χ2v) is 8.66. The molecule has 1 N–H and O–H groups in total. The summed E-state index contributed by atoms with van der Waals surface area (Å²) in [6, 6.07) is 6.95. The molecule has 0 unspecified atom stereocenters. The van der Waals surface area contributed by atoms with Gasteiger partial charge in [-0.15, -0.1) is 0 Å². The molecule has 1 aromatic carbocycles. The van der Waals surface area contributed by atoms with Crippen LogP contribution in [-0.4, -0.2) is 43.0 Å². The number of hydrogen-bond donors (Lipinski definition) is 1. The van der Waals surface area contributed by atoms with Gasteiger partial charge < -0.3 is 15.0 Å². The summed E-state index contributed by atoms with van der Waals surface area (Å²) in [7, 11) is 1.45. The molecule has 2 aliphatic heterocycles. The summed E-state index contributed by atoms with van der Waals surface area (Å²) in [5.41, 5.74) is 3.46. The predicted molar refractivity (Wildman–Crippen MR) is 108 cm³/mol. The third-order valence-corrected chi connectivity index (χ3v) is 7.02. The molecule has 28 heavy (non-hydrogen) atoms. The SMILES string of the molecule is COC(=O)CCC1CCC(N2Cc3ccc(C4CCNCC4)cc3C2=O)CC1. The molecule has 2 fully saturated rings. The highest BCUT2D eigenvalue weighted by molar-refractivity contribution is 5.98. The Morgan fingerprint density at radius 1 is 1.14 bits per heavy atom. The third-order valence-electron chi connectivity index (χ3n) is 7.02. The van der Waals surface area contributed by atoms with Gasteiger partial charge in [-0.1, -0.05) is 12.1 Å². The maximum absolute atomic E-state index is 13.1. The normalized spacial score (nSPS) is 25.6. The summed E-state index contributed by atoms with van der Waals surface area (Å²) >= 11 is 0. The van der Waals surface area contributed by atoms with Gasteiger partial charge in [-0.25, -0.2) is 0 Å². The molecule has 1 aliphatic carbocycles. The van der Waals surface area contributed by atoms with E-state index in [4.69, 9.17) is 4.74 Å². The Labute approximate surface area is 167 Å². The van der Waals surface area contributed by atoms with Crippen molar-refractivity contribution in [1.29, 1.82) is 0 Å². The van der Waals surface area contributed by atoms with Crippen molar-refractivity contribution < 1.29 is 14.3 Å². The van der Waals surface area contributed by atoms with Crippen LogP contribution in [0.1, 0.15) is 78.8 Å². The highest BCUT2D eigenvalue weighted by Gasteiger charge is 2.35. The van der Waals surface area contributed by atoms with Crippen molar-refractivity contribution in [3.8, 4) is 0 Å². The minimum absolute atomic E-state index is 0.114. The minimum Gasteiger partial charge on any atom is -0.469 e. The first-order valence-corrected chi connectivity index (χ1v) is 10.9. The van der Waals surface area contributed by atoms with E-state index in [1.165, 1.54) is 18.2 Å². The fourth-order valence-electron chi connectivity index (χ4n) is 5.21. The highest BCUT2D eigenvalue weighted by atomic mass is 16.5. The summed E-state index contributed by atoms with van der Waals surface area (Å²) in [4.78, 5) is 26.6. The lowest BCUT2D eigenvalue weighted by Crippen LogP contribution is -2.38. The van der Waals surface area contributed by atoms with Crippen molar-refractivity contribution in [3.63, 3.8) is 0 Å². The monoisotopic (exact) mass is 384 g/mol. The quantitative estimate of drug-likeness (QED) is 0.788. The van der Waals surface area contributed by atoms with E-state index in [-0.39, 0.29) is 11.9 Å². The van der Waals surface area contributed by atoms with E-state index in [9.17, 15) is 9.59 Å². The van der Waals surface area contributed by atoms with Gasteiger partial charge in [0.15, 0.2) is 0 Å². The Kier molecular flexibility index (Phi) is 6.00. The van der Waals surface area contributed by atoms with E-state index >= 15 is 0 Å². The molecule has 1 saturated heterocycles. The first kappa shape index (κ1) is 19.4. The zero-order chi connectivity index (χ0) is 19.5. The average Bonchev–Trinajstić information content (AvgIpc) is 3.09. The largest absolute Gasteiger partial charge is 0.469 e. The van der Waals surface area contributed by atoms with Crippen molar-refractivity contribution in [1.82, 2.24) is 10.2 Å². The van der Waals surface area contributed by atoms with Crippen LogP contribution in [0.2, 0.25) is 0 Å². The number of hydrogen-bond acceptors (Lipinski definition) is 4. The molecule has 4 rings (SSSR count). The van der Waals surface area contributed by atoms with Crippen LogP contribution in [0.5, 0.6) is 0 Å². The molecule has 0 spiro atoms. The number of amides is 1. The molecule has 1 aromatic rings. The predicted octanol–water partition coefficient (Wildman–Crippen LogP) is 3.62. The molecule has 2 heterocycles. The van der Waals surface area contributed by atoms with Crippen LogP contribution in [0, 0.1) is 5.92 Å². The zero-order valence-electron chi connectivity index (χ0n) is 16.9. The maximum Gasteiger partial charge on any atom is 0.305 e. The molecule has 152 valence electrons. The van der Waals surface area contributed by atoms with Gasteiger partial charge in [-0.3, -0.25) is 9.59 Å². The van der Waals surface area contributed by atoms with Gasteiger partial charge in [0.05, 0.1) is 7.11 Å². The fraction of sp³-hybridized carbons (Fsp3) is 0.652. The number of carbonyl (C=O) groups excluding carboxylic acids is 2. The van der Waals surface area contributed by atoms with Crippen LogP contribution in [0.15, 0.2) is 18.2 Å². The van der Waals surface area contributed by atoms with Crippen molar-refractivity contribution in [2.75, 3.05) is 20.2 Å². The van der Waals surface area contributed by atoms with Crippen molar-refractivity contribution in [3.05, 3.63) is 34.9 Å². The number of esters is 1. The maximum atomic E-state index is 13.1. The highest BCUT2D eigenvalue weighted by Crippen LogP contribution is 2.36. The van der Waals surface area contributed by atoms with Gasteiger partial charge in [-0.2, -0.15) is 0 Å². The van der Waals surface area contributed by atoms with Crippen molar-refractivity contribution in [2.45, 2.75) is 69.9 Å². The van der Waals surface area contributed by atoms with Crippen LogP contribution in [0.3, 0.4) is 0 Å². The minimum atomic E-state index is -0.114. The van der Waals surface area contributed by atoms with Crippen LogP contribution in [-0.2, 0) is 16.1 Å². The van der Waals surface area contributed by atoms with Crippen LogP contribution >= 0.6 is 0 Å². The Balaban J connectivity index is 1.35. The first-order chi connectivity index (χ1) is 13.7. The Morgan fingerprint density at radius 2 is 1.89 bits per heavy atom. The van der Waals surface area contributed by atoms with Crippen LogP contribution in [0.4, 0.5) is 0 Å². The van der Waals surface area contributed by atoms with E-state index in [1.54, 1.807) is 0 Å². The molecule has 5 nitrogen and oxygen atoms in total. The lowest BCUT2D eigenvalue weighted by molar-refractivity contribution is -0.141. The number of piperidine rings is 1. The van der Waals surface area contributed by atoms with Gasteiger partial charge in [-0.05, 0) is 87.1 Å². The first-order valence-electron chi connectivity index (χ1n) is 10.9. The molecule has 1 saturated carbocycles. The van der Waals surface area contributed by atoms with Crippen molar-refractivity contribution >= 4 is 11.9 Å². The summed E-state index contributed by atoms with van der Waals surface area (Å²) in [6.45, 7) is 2.90. The van der Waals surface area contributed by atoms with E-state index in [0.717, 1.165) is 70.1 Å². The van der Waals surface area contributed by atoms with E-state index in [0.29, 0.717) is 24.3 Å². The number of benzene rings is 1. The van der Waals surface area contributed by atoms with Gasteiger partial charge in [0.1, 0.15) is 0 Å². The van der Waals surface area contributed by atoms with Gasteiger partial charge in [0, 0.05) is 24.6 Å². The van der Waals surface area contributed by atoms with Gasteiger partial charge in [0.2, 0.25) is 0 Å². The molecular formula is C23H32N2O3. The lowest BCUT2D eigenvalue weighted by Gasteiger charge is -2.34. The number of carbonyl (C=O) groups is 2. The van der Waals surface area contributed by atoms with Crippen molar-refractivity contribution in [2.24, 2.45) is 5.92 Å². The topological polar surface area (TPSA) is 58.6 Å². The Morgan fingerprint density at radius 3 is 2.61 bits per heavy atom. The molecule has 0 bridgehead atoms. The molecule has 0 aromatic heterocycles. The van der Waals surface area contributed by atoms with E-state index in [1.807, 2.05) is 0 Å². The number of nitrogens with one attached hydrogen (secondary N) is 1. The number of ether oxygens (including phenoxy) is 1. The smallest absolute Gasteiger partial charge is 0.305 e. The number of nitrogens with zero attached hydrogens (tertiary/aromatic N) is 1. The summed E-state index contributed by atoms with van der Waals surface area (Å²) in [5.74, 6) is 1.28. The number of methoxy groups -OCH3 is 1. The second kappa shape index (κ2) is 8.64. The molecule has 0 radical (unpaired) electrons.